The molecule has 0 radical (unpaired) electrons. The number of aromatic amines is 1. The van der Waals surface area contributed by atoms with Crippen molar-refractivity contribution in [3.63, 3.8) is 0 Å². The van der Waals surface area contributed by atoms with Crippen molar-refractivity contribution in [2.24, 2.45) is 0 Å². The van der Waals surface area contributed by atoms with Crippen LogP contribution in [0.2, 0.25) is 0 Å². The Morgan fingerprint density at radius 3 is 2.66 bits per heavy atom. The van der Waals surface area contributed by atoms with Gasteiger partial charge in [0.2, 0.25) is 5.91 Å². The van der Waals surface area contributed by atoms with Gasteiger partial charge >= 0.3 is 0 Å². The molecule has 0 atom stereocenters. The quantitative estimate of drug-likeness (QED) is 0.355. The summed E-state index contributed by atoms with van der Waals surface area (Å²) in [5.74, 6) is -0.0313. The van der Waals surface area contributed by atoms with Gasteiger partial charge in [-0.3, -0.25) is 29.8 Å². The summed E-state index contributed by atoms with van der Waals surface area (Å²) in [6.07, 6.45) is 0.789. The number of ether oxygens (including phenoxy) is 2. The fourth-order valence-electron chi connectivity index (χ4n) is 3.02. The molecule has 2 aromatic carbocycles. The van der Waals surface area contributed by atoms with Gasteiger partial charge in [-0.2, -0.15) is 0 Å². The molecule has 0 saturated carbocycles. The average Bonchev–Trinajstić information content (AvgIpc) is 2.80. The Morgan fingerprint density at radius 1 is 1.12 bits per heavy atom. The van der Waals surface area contributed by atoms with Crippen molar-refractivity contribution in [2.45, 2.75) is 26.3 Å². The van der Waals surface area contributed by atoms with Crippen molar-refractivity contribution in [1.82, 2.24) is 20.4 Å². The first-order valence-corrected chi connectivity index (χ1v) is 10.5. The van der Waals surface area contributed by atoms with Crippen molar-refractivity contribution in [2.75, 3.05) is 13.7 Å². The Hall–Kier alpha value is -3.66. The molecular formula is C22H24N4O5S. The summed E-state index contributed by atoms with van der Waals surface area (Å²) in [5, 5.41) is 0.482. The van der Waals surface area contributed by atoms with Crippen LogP contribution in [0.15, 0.2) is 47.3 Å². The molecule has 32 heavy (non-hydrogen) atoms. The van der Waals surface area contributed by atoms with Crippen molar-refractivity contribution < 1.29 is 19.1 Å². The van der Waals surface area contributed by atoms with Gasteiger partial charge < -0.3 is 14.5 Å². The number of carbonyl (C=O) groups is 2. The molecule has 0 aliphatic rings. The number of nitrogens with zero attached hydrogens (tertiary/aromatic N) is 1. The van der Waals surface area contributed by atoms with E-state index in [-0.39, 0.29) is 23.3 Å². The summed E-state index contributed by atoms with van der Waals surface area (Å²) in [4.78, 5) is 40.2. The molecule has 2 amide bonds. The van der Waals surface area contributed by atoms with Crippen LogP contribution in [0.4, 0.5) is 0 Å². The van der Waals surface area contributed by atoms with E-state index in [1.807, 2.05) is 6.92 Å². The Balaban J connectivity index is 1.60. The maximum absolute atomic E-state index is 12.6. The first-order valence-electron chi connectivity index (χ1n) is 10.1. The van der Waals surface area contributed by atoms with E-state index in [1.54, 1.807) is 36.4 Å². The summed E-state index contributed by atoms with van der Waals surface area (Å²) in [6.45, 7) is 2.58. The molecule has 168 valence electrons. The second-order valence-electron chi connectivity index (χ2n) is 6.90. The number of methoxy groups -OCH3 is 1. The van der Waals surface area contributed by atoms with Crippen molar-refractivity contribution in [3.8, 4) is 11.5 Å². The van der Waals surface area contributed by atoms with Gasteiger partial charge in [0.15, 0.2) is 16.3 Å². The SMILES string of the molecule is CCCOc1ccc(C(=O)NNC(=O)CCn2c(=S)[nH]c3ccccc3c2=O)cc1OC. The van der Waals surface area contributed by atoms with Gasteiger partial charge in [-0.15, -0.1) is 0 Å². The van der Waals surface area contributed by atoms with Gasteiger partial charge in [0.1, 0.15) is 0 Å². The number of fused-ring (bicyclic) bond motifs is 1. The lowest BCUT2D eigenvalue weighted by molar-refractivity contribution is -0.122. The molecule has 0 aliphatic heterocycles. The van der Waals surface area contributed by atoms with E-state index in [0.717, 1.165) is 6.42 Å². The third kappa shape index (κ3) is 5.33. The number of para-hydroxylation sites is 1. The molecule has 0 unspecified atom stereocenters. The van der Waals surface area contributed by atoms with E-state index in [0.29, 0.717) is 34.6 Å². The maximum Gasteiger partial charge on any atom is 0.269 e. The molecule has 3 aromatic rings. The predicted octanol–water partition coefficient (Wildman–Crippen LogP) is 2.71. The lowest BCUT2D eigenvalue weighted by Crippen LogP contribution is -2.42. The van der Waals surface area contributed by atoms with Crippen LogP contribution in [-0.2, 0) is 11.3 Å². The minimum absolute atomic E-state index is 0.0525. The third-order valence-electron chi connectivity index (χ3n) is 4.65. The van der Waals surface area contributed by atoms with Crippen LogP contribution in [0.25, 0.3) is 10.9 Å². The summed E-state index contributed by atoms with van der Waals surface area (Å²) in [5.41, 5.74) is 5.34. The number of carbonyl (C=O) groups excluding carboxylic acids is 2. The molecule has 0 aliphatic carbocycles. The molecule has 0 bridgehead atoms. The zero-order valence-corrected chi connectivity index (χ0v) is 18.6. The topological polar surface area (TPSA) is 114 Å². The first kappa shape index (κ1) is 23.0. The highest BCUT2D eigenvalue weighted by atomic mass is 32.1. The van der Waals surface area contributed by atoms with Crippen LogP contribution in [0.5, 0.6) is 11.5 Å². The minimum Gasteiger partial charge on any atom is -0.493 e. The second kappa shape index (κ2) is 10.6. The van der Waals surface area contributed by atoms with Gasteiger partial charge in [0, 0.05) is 18.5 Å². The Bertz CT molecular complexity index is 1250. The number of benzene rings is 2. The number of rotatable bonds is 8. The van der Waals surface area contributed by atoms with Crippen LogP contribution >= 0.6 is 12.2 Å². The Labute approximate surface area is 189 Å². The van der Waals surface area contributed by atoms with Crippen LogP contribution < -0.4 is 25.9 Å². The number of hydrogen-bond donors (Lipinski definition) is 3. The molecule has 0 spiro atoms. The summed E-state index contributed by atoms with van der Waals surface area (Å²) in [7, 11) is 1.48. The van der Waals surface area contributed by atoms with E-state index in [1.165, 1.54) is 17.7 Å². The van der Waals surface area contributed by atoms with Crippen LogP contribution in [0.3, 0.4) is 0 Å². The van der Waals surface area contributed by atoms with Gasteiger partial charge in [0.25, 0.3) is 11.5 Å². The van der Waals surface area contributed by atoms with Crippen molar-refractivity contribution in [3.05, 3.63) is 63.2 Å². The van der Waals surface area contributed by atoms with Crippen LogP contribution in [0, 0.1) is 4.77 Å². The standard InChI is InChI=1S/C22H24N4O5S/c1-3-12-31-17-9-8-14(13-18(17)30-2)20(28)25-24-19(27)10-11-26-21(29)15-6-4-5-7-16(15)23-22(26)32/h4-9,13H,3,10-12H2,1-2H3,(H,23,32)(H,24,27)(H,25,28). The maximum atomic E-state index is 12.6. The number of H-pyrrole nitrogens is 1. The molecule has 3 rings (SSSR count). The lowest BCUT2D eigenvalue weighted by atomic mass is 10.2. The van der Waals surface area contributed by atoms with Gasteiger partial charge in [-0.25, -0.2) is 0 Å². The largest absolute Gasteiger partial charge is 0.493 e. The van der Waals surface area contributed by atoms with E-state index >= 15 is 0 Å². The van der Waals surface area contributed by atoms with E-state index < -0.39 is 11.8 Å². The Morgan fingerprint density at radius 2 is 1.91 bits per heavy atom. The minimum atomic E-state index is -0.515. The molecule has 0 fully saturated rings. The molecule has 1 heterocycles. The lowest BCUT2D eigenvalue weighted by Gasteiger charge is -2.12. The Kier molecular flexibility index (Phi) is 7.61. The molecule has 3 N–H and O–H groups in total. The van der Waals surface area contributed by atoms with Gasteiger partial charge in [-0.05, 0) is 49.0 Å². The number of hydrazine groups is 1. The highest BCUT2D eigenvalue weighted by molar-refractivity contribution is 7.71. The van der Waals surface area contributed by atoms with Crippen LogP contribution in [0.1, 0.15) is 30.1 Å². The number of aromatic nitrogens is 2. The molecule has 10 heteroatoms. The third-order valence-corrected chi connectivity index (χ3v) is 4.98. The zero-order chi connectivity index (χ0) is 23.1. The predicted molar refractivity (Wildman–Crippen MR) is 122 cm³/mol. The molecule has 1 aromatic heterocycles. The number of hydrogen-bond acceptors (Lipinski definition) is 6. The summed E-state index contributed by atoms with van der Waals surface area (Å²) >= 11 is 5.23. The summed E-state index contributed by atoms with van der Waals surface area (Å²) in [6, 6.07) is 11.7. The summed E-state index contributed by atoms with van der Waals surface area (Å²) < 4.78 is 12.4. The van der Waals surface area contributed by atoms with Crippen molar-refractivity contribution in [1.29, 1.82) is 0 Å². The van der Waals surface area contributed by atoms with E-state index in [4.69, 9.17) is 21.7 Å². The zero-order valence-electron chi connectivity index (χ0n) is 17.8. The average molecular weight is 457 g/mol. The first-order chi connectivity index (χ1) is 15.4. The van der Waals surface area contributed by atoms with Gasteiger partial charge in [0.05, 0.1) is 24.6 Å². The molecular weight excluding hydrogens is 432 g/mol. The molecule has 9 nitrogen and oxygen atoms in total. The van der Waals surface area contributed by atoms with E-state index in [2.05, 4.69) is 15.8 Å². The monoisotopic (exact) mass is 456 g/mol. The number of nitrogens with one attached hydrogen (secondary N) is 3. The highest BCUT2D eigenvalue weighted by Crippen LogP contribution is 2.28. The van der Waals surface area contributed by atoms with Gasteiger partial charge in [-0.1, -0.05) is 19.1 Å². The normalized spacial score (nSPS) is 10.6. The molecule has 0 saturated heterocycles. The highest BCUT2D eigenvalue weighted by Gasteiger charge is 2.13. The van der Waals surface area contributed by atoms with Crippen LogP contribution in [-0.4, -0.2) is 35.1 Å². The van der Waals surface area contributed by atoms with E-state index in [9.17, 15) is 14.4 Å². The number of amides is 2. The smallest absolute Gasteiger partial charge is 0.269 e. The van der Waals surface area contributed by atoms with Crippen molar-refractivity contribution >= 4 is 34.9 Å². The fraction of sp³-hybridized carbons (Fsp3) is 0.273. The fourth-order valence-corrected chi connectivity index (χ4v) is 3.30. The second-order valence-corrected chi connectivity index (χ2v) is 7.29.